The number of fused-ring (bicyclic) bond motifs is 1. The Morgan fingerprint density at radius 2 is 1.73 bits per heavy atom. The van der Waals surface area contributed by atoms with E-state index in [1.54, 1.807) is 18.7 Å². The van der Waals surface area contributed by atoms with Crippen molar-refractivity contribution >= 4 is 66.6 Å². The number of nitrogens with zero attached hydrogens (tertiary/aromatic N) is 2. The number of rotatable bonds is 7. The summed E-state index contributed by atoms with van der Waals surface area (Å²) in [5.41, 5.74) is 5.35. The van der Waals surface area contributed by atoms with Gasteiger partial charge in [0, 0.05) is 68.3 Å². The Hall–Kier alpha value is -3.74. The molecule has 4 aromatic rings. The SMILES string of the molecule is CS(C)=O.Cc1[nH]c2ccccc2c1C=NNc1ccc([N+](=O)[O-])cc1S(=O)(=O)Nc1ccc(Cl)cc1. The van der Waals surface area contributed by atoms with E-state index >= 15 is 0 Å². The molecule has 0 aliphatic rings. The Morgan fingerprint density at radius 1 is 1.08 bits per heavy atom. The smallest absolute Gasteiger partial charge is 0.270 e. The Kier molecular flexibility index (Phi) is 9.03. The van der Waals surface area contributed by atoms with Crippen LogP contribution in [0.2, 0.25) is 5.02 Å². The lowest BCUT2D eigenvalue weighted by atomic mass is 10.1. The van der Waals surface area contributed by atoms with Crippen LogP contribution in [0.25, 0.3) is 10.9 Å². The molecule has 0 fully saturated rings. The van der Waals surface area contributed by atoms with E-state index in [1.807, 2.05) is 31.2 Å². The van der Waals surface area contributed by atoms with Crippen LogP contribution in [-0.2, 0) is 20.8 Å². The largest absolute Gasteiger partial charge is 0.358 e. The first kappa shape index (κ1) is 27.8. The lowest BCUT2D eigenvalue weighted by molar-refractivity contribution is -0.385. The lowest BCUT2D eigenvalue weighted by Gasteiger charge is -2.12. The minimum atomic E-state index is -4.18. The van der Waals surface area contributed by atoms with Crippen LogP contribution in [0.1, 0.15) is 11.3 Å². The number of sulfonamides is 1. The molecule has 0 aliphatic heterocycles. The number of hydrazone groups is 1. The lowest BCUT2D eigenvalue weighted by Crippen LogP contribution is -2.15. The summed E-state index contributed by atoms with van der Waals surface area (Å²) in [5.74, 6) is 0. The second-order valence-electron chi connectivity index (χ2n) is 7.87. The third kappa shape index (κ3) is 7.38. The Balaban J connectivity index is 0.000000886. The molecule has 3 N–H and O–H groups in total. The van der Waals surface area contributed by atoms with E-state index in [0.29, 0.717) is 5.02 Å². The summed E-state index contributed by atoms with van der Waals surface area (Å²) < 4.78 is 38.0. The van der Waals surface area contributed by atoms with Crippen molar-refractivity contribution in [3.63, 3.8) is 0 Å². The molecule has 13 heteroatoms. The van der Waals surface area contributed by atoms with Crippen molar-refractivity contribution in [2.24, 2.45) is 5.10 Å². The minimum Gasteiger partial charge on any atom is -0.358 e. The van der Waals surface area contributed by atoms with E-state index in [1.165, 1.54) is 36.4 Å². The molecule has 0 unspecified atom stereocenters. The Bertz CT molecular complexity index is 1580. The van der Waals surface area contributed by atoms with Crippen LogP contribution in [0.3, 0.4) is 0 Å². The highest BCUT2D eigenvalue weighted by atomic mass is 35.5. The number of hydrogen-bond donors (Lipinski definition) is 3. The van der Waals surface area contributed by atoms with Gasteiger partial charge in [-0.3, -0.25) is 24.5 Å². The van der Waals surface area contributed by atoms with Crippen LogP contribution < -0.4 is 10.1 Å². The van der Waals surface area contributed by atoms with Crippen LogP contribution >= 0.6 is 11.6 Å². The van der Waals surface area contributed by atoms with Gasteiger partial charge >= 0.3 is 0 Å². The molecule has 0 saturated heterocycles. The van der Waals surface area contributed by atoms with Crippen LogP contribution in [0.5, 0.6) is 0 Å². The number of non-ortho nitro benzene ring substituents is 1. The van der Waals surface area contributed by atoms with Gasteiger partial charge in [0.2, 0.25) is 0 Å². The zero-order valence-corrected chi connectivity index (χ0v) is 22.4. The van der Waals surface area contributed by atoms with Crippen molar-refractivity contribution in [3.8, 4) is 0 Å². The van der Waals surface area contributed by atoms with E-state index < -0.39 is 25.7 Å². The molecular formula is C24H24ClN5O5S2. The molecule has 0 spiro atoms. The summed E-state index contributed by atoms with van der Waals surface area (Å²) >= 11 is 5.85. The highest BCUT2D eigenvalue weighted by Crippen LogP contribution is 2.29. The molecule has 3 aromatic carbocycles. The number of hydrogen-bond acceptors (Lipinski definition) is 7. The van der Waals surface area contributed by atoms with Gasteiger partial charge in [0.05, 0.1) is 16.8 Å². The number of benzene rings is 3. The number of nitro groups is 1. The van der Waals surface area contributed by atoms with Crippen molar-refractivity contribution in [2.75, 3.05) is 22.7 Å². The van der Waals surface area contributed by atoms with Gasteiger partial charge in [-0.1, -0.05) is 29.8 Å². The van der Waals surface area contributed by atoms with E-state index in [2.05, 4.69) is 20.2 Å². The Labute approximate surface area is 221 Å². The summed E-state index contributed by atoms with van der Waals surface area (Å²) in [7, 11) is -4.79. The molecule has 0 aliphatic carbocycles. The van der Waals surface area contributed by atoms with Gasteiger partial charge in [0.25, 0.3) is 15.7 Å². The summed E-state index contributed by atoms with van der Waals surface area (Å²) in [5, 5.41) is 16.8. The number of nitrogens with one attached hydrogen (secondary N) is 3. The monoisotopic (exact) mass is 561 g/mol. The molecule has 0 atom stereocenters. The molecule has 0 radical (unpaired) electrons. The average Bonchev–Trinajstić information content (AvgIpc) is 3.15. The van der Waals surface area contributed by atoms with Crippen LogP contribution in [0.4, 0.5) is 17.1 Å². The van der Waals surface area contributed by atoms with Crippen molar-refractivity contribution in [3.05, 3.63) is 93.1 Å². The number of H-pyrrole nitrogens is 1. The highest BCUT2D eigenvalue weighted by Gasteiger charge is 2.23. The predicted molar refractivity (Wildman–Crippen MR) is 150 cm³/mol. The fraction of sp³-hybridized carbons (Fsp3) is 0.125. The van der Waals surface area contributed by atoms with Crippen LogP contribution in [0.15, 0.2) is 76.7 Å². The van der Waals surface area contributed by atoms with Gasteiger partial charge in [-0.05, 0) is 43.3 Å². The first-order valence-electron chi connectivity index (χ1n) is 10.7. The van der Waals surface area contributed by atoms with Crippen molar-refractivity contribution < 1.29 is 17.6 Å². The van der Waals surface area contributed by atoms with E-state index in [9.17, 15) is 22.7 Å². The van der Waals surface area contributed by atoms with Gasteiger partial charge in [0.15, 0.2) is 0 Å². The molecule has 1 aromatic heterocycles. The number of halogens is 1. The maximum atomic E-state index is 13.0. The minimum absolute atomic E-state index is 0.0795. The summed E-state index contributed by atoms with van der Waals surface area (Å²) in [4.78, 5) is 13.5. The van der Waals surface area contributed by atoms with Crippen molar-refractivity contribution in [2.45, 2.75) is 11.8 Å². The number of para-hydroxylation sites is 1. The first-order valence-corrected chi connectivity index (χ1v) is 14.5. The molecule has 0 saturated carbocycles. The maximum Gasteiger partial charge on any atom is 0.270 e. The highest BCUT2D eigenvalue weighted by molar-refractivity contribution is 7.92. The van der Waals surface area contributed by atoms with Gasteiger partial charge in [0.1, 0.15) is 4.90 Å². The molecule has 4 rings (SSSR count). The summed E-state index contributed by atoms with van der Waals surface area (Å²) in [6.45, 7) is 1.90. The van der Waals surface area contributed by atoms with Gasteiger partial charge < -0.3 is 4.98 Å². The normalized spacial score (nSPS) is 11.4. The van der Waals surface area contributed by atoms with Crippen LogP contribution in [0, 0.1) is 17.0 Å². The number of aromatic amines is 1. The second kappa shape index (κ2) is 12.0. The van der Waals surface area contributed by atoms with Gasteiger partial charge in [-0.25, -0.2) is 8.42 Å². The average molecular weight is 562 g/mol. The summed E-state index contributed by atoms with van der Waals surface area (Å²) in [6.07, 6.45) is 4.85. The maximum absolute atomic E-state index is 13.0. The number of aryl methyl sites for hydroxylation is 1. The van der Waals surface area contributed by atoms with E-state index in [0.717, 1.165) is 28.2 Å². The van der Waals surface area contributed by atoms with Crippen LogP contribution in [-0.4, -0.2) is 41.3 Å². The van der Waals surface area contributed by atoms with Gasteiger partial charge in [-0.15, -0.1) is 0 Å². The molecule has 194 valence electrons. The number of anilines is 2. The van der Waals surface area contributed by atoms with E-state index in [4.69, 9.17) is 11.6 Å². The van der Waals surface area contributed by atoms with Crippen molar-refractivity contribution in [1.29, 1.82) is 0 Å². The molecule has 37 heavy (non-hydrogen) atoms. The topological polar surface area (TPSA) is 147 Å². The van der Waals surface area contributed by atoms with Gasteiger partial charge in [-0.2, -0.15) is 5.10 Å². The second-order valence-corrected chi connectivity index (χ2v) is 11.4. The molecule has 10 nitrogen and oxygen atoms in total. The number of nitro benzene ring substituents is 1. The van der Waals surface area contributed by atoms with Crippen molar-refractivity contribution in [1.82, 2.24) is 4.98 Å². The zero-order valence-electron chi connectivity index (χ0n) is 20.1. The quantitative estimate of drug-likeness (QED) is 0.159. The van der Waals surface area contributed by atoms with E-state index in [-0.39, 0.29) is 22.0 Å². The fourth-order valence-electron chi connectivity index (χ4n) is 3.30. The molecule has 0 amide bonds. The third-order valence-electron chi connectivity index (χ3n) is 4.88. The fourth-order valence-corrected chi connectivity index (χ4v) is 4.66. The third-order valence-corrected chi connectivity index (χ3v) is 6.56. The standard InChI is InChI=1S/C22H18ClN5O4S.C2H6OS/c1-14-19(18-4-2-3-5-20(18)25-14)13-24-26-21-11-10-17(28(29)30)12-22(21)33(31,32)27-16-8-6-15(23)7-9-16;1-4(2)3/h2-13,25-27H,1H3;1-2H3. The Morgan fingerprint density at radius 3 is 2.38 bits per heavy atom. The summed E-state index contributed by atoms with van der Waals surface area (Å²) in [6, 6.07) is 17.2. The molecule has 0 bridgehead atoms. The number of aromatic nitrogens is 1. The molecular weight excluding hydrogens is 538 g/mol. The predicted octanol–water partition coefficient (Wildman–Crippen LogP) is 5.28. The first-order chi connectivity index (χ1) is 17.5. The molecule has 1 heterocycles. The zero-order chi connectivity index (χ0) is 27.2.